The van der Waals surface area contributed by atoms with E-state index < -0.39 is 10.0 Å². The van der Waals surface area contributed by atoms with E-state index >= 15 is 0 Å². The third-order valence-corrected chi connectivity index (χ3v) is 5.48. The molecule has 0 bridgehead atoms. The van der Waals surface area contributed by atoms with Crippen LogP contribution in [0.3, 0.4) is 0 Å². The van der Waals surface area contributed by atoms with Gasteiger partial charge in [0.15, 0.2) is 11.6 Å². The van der Waals surface area contributed by atoms with Crippen molar-refractivity contribution < 1.29 is 8.42 Å². The minimum atomic E-state index is -3.35. The molecule has 24 heavy (non-hydrogen) atoms. The van der Waals surface area contributed by atoms with Crippen molar-refractivity contribution >= 4 is 27.3 Å². The number of nitrogens with one attached hydrogen (secondary N) is 1. The van der Waals surface area contributed by atoms with Crippen LogP contribution in [0, 0.1) is 0 Å². The molecule has 0 radical (unpaired) electrons. The molecular weight excluding hydrogens is 324 g/mol. The van der Waals surface area contributed by atoms with E-state index in [0.717, 1.165) is 24.3 Å². The number of aromatic nitrogens is 2. The molecule has 1 atom stereocenters. The molecule has 3 rings (SSSR count). The standard InChI is InChI=1S/C17H22N4O2S/c1-3-4-11-24(22,23)20-16-9-10-17(19-18-16)21-13(2)12-14-7-5-6-8-15(14)21/h5-10,13H,3-4,11-12H2,1-2H3,(H,18,20). The molecule has 0 spiro atoms. The molecule has 0 saturated heterocycles. The van der Waals surface area contributed by atoms with Crippen LogP contribution in [-0.4, -0.2) is 30.4 Å². The van der Waals surface area contributed by atoms with Gasteiger partial charge < -0.3 is 4.90 Å². The molecule has 0 saturated carbocycles. The first-order chi connectivity index (χ1) is 11.5. The first-order valence-corrected chi connectivity index (χ1v) is 9.87. The summed E-state index contributed by atoms with van der Waals surface area (Å²) in [4.78, 5) is 2.14. The predicted molar refractivity (Wildman–Crippen MR) is 96.1 cm³/mol. The van der Waals surface area contributed by atoms with Crippen molar-refractivity contribution in [2.24, 2.45) is 0 Å². The van der Waals surface area contributed by atoms with E-state index in [1.807, 2.05) is 25.1 Å². The lowest BCUT2D eigenvalue weighted by Gasteiger charge is -2.23. The fourth-order valence-corrected chi connectivity index (χ4v) is 4.17. The molecule has 0 aliphatic carbocycles. The van der Waals surface area contributed by atoms with E-state index in [1.54, 1.807) is 6.07 Å². The number of sulfonamides is 1. The Morgan fingerprint density at radius 2 is 2.00 bits per heavy atom. The maximum atomic E-state index is 11.9. The molecule has 0 amide bonds. The Kier molecular flexibility index (Phi) is 4.71. The molecule has 6 nitrogen and oxygen atoms in total. The highest BCUT2D eigenvalue weighted by molar-refractivity contribution is 7.92. The SMILES string of the molecule is CCCCS(=O)(=O)Nc1ccc(N2c3ccccc3CC2C)nn1. The number of anilines is 3. The summed E-state index contributed by atoms with van der Waals surface area (Å²) in [5.74, 6) is 1.09. The number of hydrogen-bond acceptors (Lipinski definition) is 5. The van der Waals surface area contributed by atoms with Crippen molar-refractivity contribution in [3.63, 3.8) is 0 Å². The summed E-state index contributed by atoms with van der Waals surface area (Å²) in [6, 6.07) is 12.0. The number of fused-ring (bicyclic) bond motifs is 1. The van der Waals surface area contributed by atoms with Crippen LogP contribution in [0.2, 0.25) is 0 Å². The Morgan fingerprint density at radius 1 is 1.21 bits per heavy atom. The average molecular weight is 346 g/mol. The Balaban J connectivity index is 1.78. The zero-order chi connectivity index (χ0) is 17.2. The van der Waals surface area contributed by atoms with Gasteiger partial charge in [-0.15, -0.1) is 10.2 Å². The summed E-state index contributed by atoms with van der Waals surface area (Å²) < 4.78 is 26.3. The van der Waals surface area contributed by atoms with Crippen molar-refractivity contribution in [1.82, 2.24) is 10.2 Å². The van der Waals surface area contributed by atoms with Gasteiger partial charge in [-0.3, -0.25) is 4.72 Å². The Morgan fingerprint density at radius 3 is 2.71 bits per heavy atom. The lowest BCUT2D eigenvalue weighted by atomic mass is 10.1. The summed E-state index contributed by atoms with van der Waals surface area (Å²) in [5, 5.41) is 8.27. The summed E-state index contributed by atoms with van der Waals surface area (Å²) in [7, 11) is -3.35. The van der Waals surface area contributed by atoms with Gasteiger partial charge in [0.25, 0.3) is 0 Å². The van der Waals surface area contributed by atoms with Crippen LogP contribution in [0.15, 0.2) is 36.4 Å². The van der Waals surface area contributed by atoms with Crippen molar-refractivity contribution in [1.29, 1.82) is 0 Å². The molecule has 1 aliphatic rings. The Hall–Kier alpha value is -2.15. The Labute approximate surface area is 143 Å². The quantitative estimate of drug-likeness (QED) is 0.870. The monoisotopic (exact) mass is 346 g/mol. The zero-order valence-corrected chi connectivity index (χ0v) is 14.8. The van der Waals surface area contributed by atoms with Crippen molar-refractivity contribution in [2.75, 3.05) is 15.4 Å². The molecule has 0 fully saturated rings. The highest BCUT2D eigenvalue weighted by atomic mass is 32.2. The normalized spacial score (nSPS) is 16.9. The average Bonchev–Trinajstić information content (AvgIpc) is 2.89. The fraction of sp³-hybridized carbons (Fsp3) is 0.412. The van der Waals surface area contributed by atoms with Crippen molar-refractivity contribution in [2.45, 2.75) is 39.2 Å². The van der Waals surface area contributed by atoms with Crippen LogP contribution >= 0.6 is 0 Å². The van der Waals surface area contributed by atoms with Gasteiger partial charge in [0.1, 0.15) is 0 Å². The lowest BCUT2D eigenvalue weighted by molar-refractivity contribution is 0.597. The topological polar surface area (TPSA) is 75.2 Å². The minimum Gasteiger partial charge on any atom is -0.321 e. The van der Waals surface area contributed by atoms with Crippen molar-refractivity contribution in [3.8, 4) is 0 Å². The van der Waals surface area contributed by atoms with Crippen molar-refractivity contribution in [3.05, 3.63) is 42.0 Å². The number of para-hydroxylation sites is 1. The fourth-order valence-electron chi connectivity index (χ4n) is 2.97. The maximum Gasteiger partial charge on any atom is 0.233 e. The second-order valence-electron chi connectivity index (χ2n) is 6.10. The third-order valence-electron chi connectivity index (χ3n) is 4.13. The number of unbranched alkanes of at least 4 members (excludes halogenated alkanes) is 1. The molecule has 1 aromatic heterocycles. The molecular formula is C17H22N4O2S. The van der Waals surface area contributed by atoms with Gasteiger partial charge in [0.2, 0.25) is 10.0 Å². The van der Waals surface area contributed by atoms with Gasteiger partial charge in [-0.25, -0.2) is 8.42 Å². The molecule has 128 valence electrons. The van der Waals surface area contributed by atoms with Crippen LogP contribution in [0.5, 0.6) is 0 Å². The molecule has 2 heterocycles. The van der Waals surface area contributed by atoms with Gasteiger partial charge in [-0.1, -0.05) is 31.5 Å². The highest BCUT2D eigenvalue weighted by Gasteiger charge is 2.27. The largest absolute Gasteiger partial charge is 0.321 e. The van der Waals surface area contributed by atoms with Crippen LogP contribution in [-0.2, 0) is 16.4 Å². The van der Waals surface area contributed by atoms with E-state index in [4.69, 9.17) is 0 Å². The van der Waals surface area contributed by atoms with E-state index in [1.165, 1.54) is 5.56 Å². The first kappa shape index (κ1) is 16.7. The second kappa shape index (κ2) is 6.76. The van der Waals surface area contributed by atoms with Gasteiger partial charge in [0, 0.05) is 11.7 Å². The number of nitrogens with zero attached hydrogens (tertiary/aromatic N) is 3. The van der Waals surface area contributed by atoms with Gasteiger partial charge in [0.05, 0.1) is 5.75 Å². The van der Waals surface area contributed by atoms with Crippen LogP contribution in [0.1, 0.15) is 32.3 Å². The smallest absolute Gasteiger partial charge is 0.233 e. The van der Waals surface area contributed by atoms with Gasteiger partial charge >= 0.3 is 0 Å². The summed E-state index contributed by atoms with van der Waals surface area (Å²) in [6.45, 7) is 4.10. The van der Waals surface area contributed by atoms with Crippen LogP contribution in [0.25, 0.3) is 0 Å². The van der Waals surface area contributed by atoms with E-state index in [2.05, 4.69) is 38.9 Å². The summed E-state index contributed by atoms with van der Waals surface area (Å²) in [6.07, 6.45) is 2.42. The second-order valence-corrected chi connectivity index (χ2v) is 7.94. The molecule has 7 heteroatoms. The maximum absolute atomic E-state index is 11.9. The van der Waals surface area contributed by atoms with Crippen LogP contribution in [0.4, 0.5) is 17.3 Å². The first-order valence-electron chi connectivity index (χ1n) is 8.21. The molecule has 1 aromatic carbocycles. The number of hydrogen-bond donors (Lipinski definition) is 1. The minimum absolute atomic E-state index is 0.101. The number of benzene rings is 1. The van der Waals surface area contributed by atoms with Gasteiger partial charge in [-0.2, -0.15) is 0 Å². The molecule has 1 N–H and O–H groups in total. The van der Waals surface area contributed by atoms with E-state index in [9.17, 15) is 8.42 Å². The zero-order valence-electron chi connectivity index (χ0n) is 13.9. The number of rotatable bonds is 6. The molecule has 2 aromatic rings. The third kappa shape index (κ3) is 3.51. The van der Waals surface area contributed by atoms with E-state index in [0.29, 0.717) is 12.5 Å². The van der Waals surface area contributed by atoms with Crippen LogP contribution < -0.4 is 9.62 Å². The van der Waals surface area contributed by atoms with E-state index in [-0.39, 0.29) is 11.6 Å². The Bertz CT molecular complexity index is 806. The summed E-state index contributed by atoms with van der Waals surface area (Å²) >= 11 is 0. The lowest BCUT2D eigenvalue weighted by Crippen LogP contribution is -2.25. The molecule has 1 aliphatic heterocycles. The van der Waals surface area contributed by atoms with Gasteiger partial charge in [-0.05, 0) is 43.5 Å². The summed E-state index contributed by atoms with van der Waals surface area (Å²) in [5.41, 5.74) is 2.42. The highest BCUT2D eigenvalue weighted by Crippen LogP contribution is 2.36. The predicted octanol–water partition coefficient (Wildman–Crippen LogP) is 3.10. The molecule has 1 unspecified atom stereocenters.